The van der Waals surface area contributed by atoms with E-state index >= 15 is 0 Å². The van der Waals surface area contributed by atoms with Crippen molar-refractivity contribution in [1.82, 2.24) is 19.6 Å². The van der Waals surface area contributed by atoms with E-state index in [0.29, 0.717) is 13.1 Å². The van der Waals surface area contributed by atoms with Crippen LogP contribution in [0, 0.1) is 13.8 Å². The van der Waals surface area contributed by atoms with Crippen molar-refractivity contribution < 1.29 is 4.79 Å². The number of aryl methyl sites for hydroxylation is 2. The molecular weight excluding hydrogens is 260 g/mol. The summed E-state index contributed by atoms with van der Waals surface area (Å²) in [6.07, 6.45) is 0. The van der Waals surface area contributed by atoms with E-state index in [9.17, 15) is 4.79 Å². The first kappa shape index (κ1) is 14.0. The van der Waals surface area contributed by atoms with Gasteiger partial charge < -0.3 is 10.2 Å². The van der Waals surface area contributed by atoms with Crippen LogP contribution in [0.25, 0.3) is 4.96 Å². The van der Waals surface area contributed by atoms with Gasteiger partial charge in [0.1, 0.15) is 0 Å². The lowest BCUT2D eigenvalue weighted by molar-refractivity contribution is -0.128. The summed E-state index contributed by atoms with van der Waals surface area (Å²) in [6, 6.07) is 0. The molecule has 0 aliphatic rings. The zero-order valence-electron chi connectivity index (χ0n) is 11.9. The summed E-state index contributed by atoms with van der Waals surface area (Å²) in [5.41, 5.74) is 3.36. The lowest BCUT2D eigenvalue weighted by Crippen LogP contribution is -2.35. The van der Waals surface area contributed by atoms with Gasteiger partial charge in [-0.3, -0.25) is 9.20 Å². The Morgan fingerprint density at radius 1 is 1.53 bits per heavy atom. The topological polar surface area (TPSA) is 49.6 Å². The molecule has 19 heavy (non-hydrogen) atoms. The Labute approximate surface area is 117 Å². The maximum absolute atomic E-state index is 11.7. The second-order valence-electron chi connectivity index (χ2n) is 4.65. The highest BCUT2D eigenvalue weighted by atomic mass is 32.1. The molecule has 0 saturated heterocycles. The predicted molar refractivity (Wildman–Crippen MR) is 77.6 cm³/mol. The first-order chi connectivity index (χ1) is 9.04. The van der Waals surface area contributed by atoms with E-state index < -0.39 is 0 Å². The van der Waals surface area contributed by atoms with Crippen LogP contribution in [0.3, 0.4) is 0 Å². The minimum atomic E-state index is 0.114. The standard InChI is InChI=1S/C13H20N4OS/c1-5-16(4)12(18)7-14-6-11-10(3)15-13-17(11)9(2)8-19-13/h8,14H,5-7H2,1-4H3. The number of carbonyl (C=O) groups excluding carboxylic acids is 1. The Morgan fingerprint density at radius 2 is 2.26 bits per heavy atom. The van der Waals surface area contributed by atoms with E-state index in [-0.39, 0.29) is 5.91 Å². The molecule has 2 aromatic heterocycles. The molecule has 5 nitrogen and oxygen atoms in total. The van der Waals surface area contributed by atoms with Crippen molar-refractivity contribution in [2.45, 2.75) is 27.3 Å². The normalized spacial score (nSPS) is 11.2. The van der Waals surface area contributed by atoms with Crippen LogP contribution in [0.1, 0.15) is 24.0 Å². The number of imidazole rings is 1. The van der Waals surface area contributed by atoms with Crippen molar-refractivity contribution in [2.75, 3.05) is 20.1 Å². The van der Waals surface area contributed by atoms with E-state index in [2.05, 4.69) is 27.0 Å². The van der Waals surface area contributed by atoms with Crippen molar-refractivity contribution in [3.05, 3.63) is 22.5 Å². The smallest absolute Gasteiger partial charge is 0.236 e. The van der Waals surface area contributed by atoms with E-state index in [1.807, 2.05) is 20.9 Å². The van der Waals surface area contributed by atoms with Crippen LogP contribution >= 0.6 is 11.3 Å². The van der Waals surface area contributed by atoms with E-state index in [1.54, 1.807) is 16.2 Å². The molecule has 0 radical (unpaired) electrons. The summed E-state index contributed by atoms with van der Waals surface area (Å²) in [4.78, 5) is 19.0. The van der Waals surface area contributed by atoms with Crippen LogP contribution in [-0.4, -0.2) is 40.3 Å². The Morgan fingerprint density at radius 3 is 2.95 bits per heavy atom. The molecule has 0 bridgehead atoms. The summed E-state index contributed by atoms with van der Waals surface area (Å²) in [5, 5.41) is 5.30. The molecule has 0 atom stereocenters. The largest absolute Gasteiger partial charge is 0.345 e. The van der Waals surface area contributed by atoms with E-state index in [1.165, 1.54) is 5.69 Å². The van der Waals surface area contributed by atoms with Gasteiger partial charge in [-0.2, -0.15) is 0 Å². The van der Waals surface area contributed by atoms with Gasteiger partial charge in [-0.1, -0.05) is 0 Å². The first-order valence-electron chi connectivity index (χ1n) is 6.41. The second-order valence-corrected chi connectivity index (χ2v) is 5.49. The van der Waals surface area contributed by atoms with Crippen molar-refractivity contribution in [3.63, 3.8) is 0 Å². The van der Waals surface area contributed by atoms with Crippen LogP contribution < -0.4 is 5.32 Å². The number of carbonyl (C=O) groups is 1. The molecule has 2 aromatic rings. The van der Waals surface area contributed by atoms with Crippen molar-refractivity contribution >= 4 is 22.2 Å². The fourth-order valence-corrected chi connectivity index (χ4v) is 2.91. The maximum Gasteiger partial charge on any atom is 0.236 e. The molecule has 0 aliphatic heterocycles. The highest BCUT2D eigenvalue weighted by Gasteiger charge is 2.12. The average Bonchev–Trinajstić information content (AvgIpc) is 2.89. The highest BCUT2D eigenvalue weighted by Crippen LogP contribution is 2.20. The molecular formula is C13H20N4OS. The molecule has 0 fully saturated rings. The Hall–Kier alpha value is -1.40. The summed E-state index contributed by atoms with van der Waals surface area (Å²) in [6.45, 7) is 7.81. The summed E-state index contributed by atoms with van der Waals surface area (Å²) in [7, 11) is 1.81. The summed E-state index contributed by atoms with van der Waals surface area (Å²) < 4.78 is 2.15. The average molecular weight is 280 g/mol. The first-order valence-corrected chi connectivity index (χ1v) is 7.29. The number of amides is 1. The summed E-state index contributed by atoms with van der Waals surface area (Å²) in [5.74, 6) is 0.114. The molecule has 2 heterocycles. The van der Waals surface area contributed by atoms with Gasteiger partial charge in [-0.05, 0) is 20.8 Å². The van der Waals surface area contributed by atoms with Crippen molar-refractivity contribution in [3.8, 4) is 0 Å². The number of nitrogens with zero attached hydrogens (tertiary/aromatic N) is 3. The third-order valence-electron chi connectivity index (χ3n) is 3.30. The number of hydrogen-bond donors (Lipinski definition) is 1. The van der Waals surface area contributed by atoms with Crippen LogP contribution in [0.4, 0.5) is 0 Å². The van der Waals surface area contributed by atoms with Crippen LogP contribution in [0.15, 0.2) is 5.38 Å². The highest BCUT2D eigenvalue weighted by molar-refractivity contribution is 7.15. The Kier molecular flexibility index (Phi) is 4.21. The number of likely N-dealkylation sites (N-methyl/N-ethyl adjacent to an activating group) is 1. The molecule has 1 amide bonds. The molecule has 2 rings (SSSR count). The summed E-state index contributed by atoms with van der Waals surface area (Å²) >= 11 is 1.65. The van der Waals surface area contributed by atoms with Gasteiger partial charge in [0.15, 0.2) is 4.96 Å². The number of aromatic nitrogens is 2. The van der Waals surface area contributed by atoms with Crippen molar-refractivity contribution in [1.29, 1.82) is 0 Å². The molecule has 0 aromatic carbocycles. The zero-order chi connectivity index (χ0) is 14.0. The lowest BCUT2D eigenvalue weighted by Gasteiger charge is -2.14. The molecule has 0 spiro atoms. The predicted octanol–water partition coefficient (Wildman–Crippen LogP) is 1.58. The van der Waals surface area contributed by atoms with E-state index in [0.717, 1.165) is 22.9 Å². The Balaban J connectivity index is 2.04. The van der Waals surface area contributed by atoms with Crippen LogP contribution in [0.2, 0.25) is 0 Å². The Bertz CT molecular complexity index is 587. The van der Waals surface area contributed by atoms with Gasteiger partial charge in [-0.15, -0.1) is 11.3 Å². The number of thiazole rings is 1. The minimum Gasteiger partial charge on any atom is -0.345 e. The molecule has 0 unspecified atom stereocenters. The molecule has 104 valence electrons. The maximum atomic E-state index is 11.7. The number of hydrogen-bond acceptors (Lipinski definition) is 4. The minimum absolute atomic E-state index is 0.114. The van der Waals surface area contributed by atoms with Crippen LogP contribution in [0.5, 0.6) is 0 Å². The monoisotopic (exact) mass is 280 g/mol. The molecule has 1 N–H and O–H groups in total. The van der Waals surface area contributed by atoms with Crippen molar-refractivity contribution in [2.24, 2.45) is 0 Å². The number of fused-ring (bicyclic) bond motifs is 1. The third-order valence-corrected chi connectivity index (χ3v) is 4.24. The quantitative estimate of drug-likeness (QED) is 0.904. The number of rotatable bonds is 5. The molecule has 0 aliphatic carbocycles. The van der Waals surface area contributed by atoms with Gasteiger partial charge >= 0.3 is 0 Å². The third kappa shape index (κ3) is 2.79. The zero-order valence-corrected chi connectivity index (χ0v) is 12.7. The fourth-order valence-electron chi connectivity index (χ4n) is 1.97. The van der Waals surface area contributed by atoms with Gasteiger partial charge in [0.05, 0.1) is 17.9 Å². The molecule has 0 saturated carbocycles. The number of nitrogens with one attached hydrogen (secondary N) is 1. The van der Waals surface area contributed by atoms with Gasteiger partial charge in [-0.25, -0.2) is 4.98 Å². The van der Waals surface area contributed by atoms with Gasteiger partial charge in [0, 0.05) is 31.2 Å². The SMILES string of the molecule is CCN(C)C(=O)CNCc1c(C)nc2scc(C)n12. The lowest BCUT2D eigenvalue weighted by atomic mass is 10.3. The molecule has 6 heteroatoms. The van der Waals surface area contributed by atoms with E-state index in [4.69, 9.17) is 0 Å². The second kappa shape index (κ2) is 5.71. The van der Waals surface area contributed by atoms with Crippen LogP contribution in [-0.2, 0) is 11.3 Å². The van der Waals surface area contributed by atoms with Gasteiger partial charge in [0.25, 0.3) is 0 Å². The van der Waals surface area contributed by atoms with Gasteiger partial charge in [0.2, 0.25) is 5.91 Å². The fraction of sp³-hybridized carbons (Fsp3) is 0.538.